The van der Waals surface area contributed by atoms with Crippen molar-refractivity contribution < 1.29 is 38.1 Å². The predicted octanol–water partition coefficient (Wildman–Crippen LogP) is 3.82. The normalized spacial score (nSPS) is 14.8. The summed E-state index contributed by atoms with van der Waals surface area (Å²) in [4.78, 5) is 37.1. The number of carbonyl (C=O) groups excluding carboxylic acids is 3. The Morgan fingerprint density at radius 2 is 1.85 bits per heavy atom. The van der Waals surface area contributed by atoms with Crippen molar-refractivity contribution in [3.05, 3.63) is 56.3 Å². The standard InChI is InChI=1S/C28H33IN4O8/c1-7-39-27(35)24-16(4)31-28(36)32-25(24)18-8-9-20(21(12-18)37-5)40-14-23(34)33-30-13-17-10-19(29)26(41-15(2)3)22(11-17)38-6/h8-13,15,25H,7,14H2,1-6H3,(H,33,34)(H2,31,32,36)/b30-13+/t25-/m0/s1. The van der Waals surface area contributed by atoms with E-state index in [4.69, 9.17) is 23.7 Å². The lowest BCUT2D eigenvalue weighted by molar-refractivity contribution is -0.139. The van der Waals surface area contributed by atoms with Crippen LogP contribution in [0, 0.1) is 3.57 Å². The molecule has 1 atom stereocenters. The molecule has 41 heavy (non-hydrogen) atoms. The summed E-state index contributed by atoms with van der Waals surface area (Å²) in [7, 11) is 3.00. The van der Waals surface area contributed by atoms with Crippen LogP contribution >= 0.6 is 22.6 Å². The fourth-order valence-electron chi connectivity index (χ4n) is 3.93. The van der Waals surface area contributed by atoms with E-state index >= 15 is 0 Å². The third-order valence-electron chi connectivity index (χ3n) is 5.65. The third kappa shape index (κ3) is 8.25. The topological polar surface area (TPSA) is 146 Å². The highest BCUT2D eigenvalue weighted by molar-refractivity contribution is 14.1. The number of carbonyl (C=O) groups is 3. The molecule has 1 aliphatic heterocycles. The van der Waals surface area contributed by atoms with Gasteiger partial charge in [0.15, 0.2) is 29.6 Å². The van der Waals surface area contributed by atoms with Gasteiger partial charge in [-0.1, -0.05) is 6.07 Å². The summed E-state index contributed by atoms with van der Waals surface area (Å²) in [5, 5.41) is 9.32. The molecule has 3 amide bonds. The molecule has 0 saturated carbocycles. The van der Waals surface area contributed by atoms with Gasteiger partial charge in [0.2, 0.25) is 0 Å². The Hall–Kier alpha value is -4.01. The number of hydrogen-bond acceptors (Lipinski definition) is 9. The average Bonchev–Trinajstić information content (AvgIpc) is 2.92. The Morgan fingerprint density at radius 1 is 1.12 bits per heavy atom. The van der Waals surface area contributed by atoms with Crippen LogP contribution in [0.25, 0.3) is 0 Å². The lowest BCUT2D eigenvalue weighted by Crippen LogP contribution is -2.45. The molecule has 0 aromatic heterocycles. The van der Waals surface area contributed by atoms with Gasteiger partial charge in [-0.05, 0) is 85.7 Å². The smallest absolute Gasteiger partial charge is 0.338 e. The number of halogens is 1. The second-order valence-corrected chi connectivity index (χ2v) is 10.1. The Bertz CT molecular complexity index is 1360. The van der Waals surface area contributed by atoms with E-state index in [1.54, 1.807) is 45.2 Å². The van der Waals surface area contributed by atoms with E-state index in [1.807, 2.05) is 19.9 Å². The maximum absolute atomic E-state index is 12.6. The minimum Gasteiger partial charge on any atom is -0.493 e. The third-order valence-corrected chi connectivity index (χ3v) is 6.45. The highest BCUT2D eigenvalue weighted by Crippen LogP contribution is 2.35. The van der Waals surface area contributed by atoms with E-state index in [-0.39, 0.29) is 30.6 Å². The van der Waals surface area contributed by atoms with Crippen LogP contribution in [0.4, 0.5) is 4.79 Å². The molecule has 12 nitrogen and oxygen atoms in total. The number of nitrogens with one attached hydrogen (secondary N) is 3. The summed E-state index contributed by atoms with van der Waals surface area (Å²) in [6.45, 7) is 7.03. The summed E-state index contributed by atoms with van der Waals surface area (Å²) in [5.41, 5.74) is 4.36. The number of nitrogens with zero attached hydrogens (tertiary/aromatic N) is 1. The zero-order chi connectivity index (χ0) is 30.1. The summed E-state index contributed by atoms with van der Waals surface area (Å²) in [6.07, 6.45) is 1.47. The molecule has 0 saturated heterocycles. The van der Waals surface area contributed by atoms with E-state index in [0.29, 0.717) is 34.1 Å². The van der Waals surface area contributed by atoms with Crippen molar-refractivity contribution in [3.8, 4) is 23.0 Å². The van der Waals surface area contributed by atoms with Gasteiger partial charge in [-0.3, -0.25) is 4.79 Å². The molecule has 1 aliphatic rings. The fraction of sp³-hybridized carbons (Fsp3) is 0.357. The van der Waals surface area contributed by atoms with Gasteiger partial charge in [0.25, 0.3) is 5.91 Å². The number of amides is 3. The quantitative estimate of drug-likeness (QED) is 0.133. The Morgan fingerprint density at radius 3 is 2.51 bits per heavy atom. The molecule has 1 heterocycles. The monoisotopic (exact) mass is 680 g/mol. The fourth-order valence-corrected chi connectivity index (χ4v) is 4.68. The van der Waals surface area contributed by atoms with Gasteiger partial charge in [-0.2, -0.15) is 5.10 Å². The Kier molecular flexibility index (Phi) is 11.2. The maximum Gasteiger partial charge on any atom is 0.338 e. The molecule has 0 unspecified atom stereocenters. The summed E-state index contributed by atoms with van der Waals surface area (Å²) < 4.78 is 28.3. The van der Waals surface area contributed by atoms with Crippen molar-refractivity contribution in [2.75, 3.05) is 27.4 Å². The average molecular weight is 680 g/mol. The number of esters is 1. The van der Waals surface area contributed by atoms with Crippen LogP contribution in [0.1, 0.15) is 44.9 Å². The van der Waals surface area contributed by atoms with Gasteiger partial charge in [-0.25, -0.2) is 15.0 Å². The second kappa shape index (κ2) is 14.6. The van der Waals surface area contributed by atoms with Crippen molar-refractivity contribution in [2.45, 2.75) is 39.8 Å². The van der Waals surface area contributed by atoms with Gasteiger partial charge in [0.1, 0.15) is 0 Å². The van der Waals surface area contributed by atoms with Gasteiger partial charge in [-0.15, -0.1) is 0 Å². The number of benzene rings is 2. The first-order valence-corrected chi connectivity index (χ1v) is 13.8. The zero-order valence-corrected chi connectivity index (χ0v) is 25.8. The van der Waals surface area contributed by atoms with Crippen molar-refractivity contribution in [1.29, 1.82) is 0 Å². The number of rotatable bonds is 12. The minimum atomic E-state index is -0.768. The molecule has 2 aromatic rings. The molecule has 0 spiro atoms. The van der Waals surface area contributed by atoms with Crippen molar-refractivity contribution >= 4 is 46.7 Å². The number of ether oxygens (including phenoxy) is 5. The summed E-state index contributed by atoms with van der Waals surface area (Å²) in [5.74, 6) is 0.742. The molecule has 220 valence electrons. The molecule has 0 radical (unpaired) electrons. The SMILES string of the molecule is CCOC(=O)C1=C(C)NC(=O)N[C@H]1c1ccc(OCC(=O)N/N=C/c2cc(I)c(OC(C)C)c(OC)c2)c(OC)c1. The molecule has 2 aromatic carbocycles. The lowest BCUT2D eigenvalue weighted by Gasteiger charge is -2.28. The van der Waals surface area contributed by atoms with Crippen LogP contribution in [0.2, 0.25) is 0 Å². The van der Waals surface area contributed by atoms with E-state index in [0.717, 1.165) is 3.57 Å². The van der Waals surface area contributed by atoms with Gasteiger partial charge < -0.3 is 34.3 Å². The number of methoxy groups -OCH3 is 2. The van der Waals surface area contributed by atoms with Crippen LogP contribution in [0.15, 0.2) is 46.7 Å². The number of hydrazone groups is 1. The van der Waals surface area contributed by atoms with E-state index in [1.165, 1.54) is 13.3 Å². The Labute approximate surface area is 251 Å². The van der Waals surface area contributed by atoms with Crippen LogP contribution in [0.3, 0.4) is 0 Å². The lowest BCUT2D eigenvalue weighted by atomic mass is 9.95. The molecule has 3 rings (SSSR count). The van der Waals surface area contributed by atoms with Crippen molar-refractivity contribution in [3.63, 3.8) is 0 Å². The largest absolute Gasteiger partial charge is 0.493 e. The predicted molar refractivity (Wildman–Crippen MR) is 159 cm³/mol. The highest BCUT2D eigenvalue weighted by Gasteiger charge is 2.32. The second-order valence-electron chi connectivity index (χ2n) is 8.98. The van der Waals surface area contributed by atoms with E-state index in [9.17, 15) is 14.4 Å². The molecule has 13 heteroatoms. The molecule has 3 N–H and O–H groups in total. The number of urea groups is 1. The van der Waals surface area contributed by atoms with E-state index in [2.05, 4.69) is 43.8 Å². The van der Waals surface area contributed by atoms with Crippen molar-refractivity contribution in [1.82, 2.24) is 16.1 Å². The van der Waals surface area contributed by atoms with Gasteiger partial charge in [0, 0.05) is 5.70 Å². The molecular weight excluding hydrogens is 647 g/mol. The first-order chi connectivity index (χ1) is 19.6. The van der Waals surface area contributed by atoms with E-state index < -0.39 is 23.9 Å². The highest BCUT2D eigenvalue weighted by atomic mass is 127. The maximum atomic E-state index is 12.6. The molecular formula is C28H33IN4O8. The first-order valence-electron chi connectivity index (χ1n) is 12.7. The molecule has 0 bridgehead atoms. The van der Waals surface area contributed by atoms with Gasteiger partial charge >= 0.3 is 12.0 Å². The van der Waals surface area contributed by atoms with Crippen LogP contribution in [-0.2, 0) is 14.3 Å². The number of allylic oxidation sites excluding steroid dienone is 1. The molecule has 0 fully saturated rings. The summed E-state index contributed by atoms with van der Waals surface area (Å²) in [6, 6.07) is 7.27. The Balaban J connectivity index is 1.67. The minimum absolute atomic E-state index is 0.0143. The molecule has 0 aliphatic carbocycles. The first kappa shape index (κ1) is 31.5. The number of hydrogen-bond donors (Lipinski definition) is 3. The van der Waals surface area contributed by atoms with Gasteiger partial charge in [0.05, 0.1) is 48.3 Å². The summed E-state index contributed by atoms with van der Waals surface area (Å²) >= 11 is 2.15. The van der Waals surface area contributed by atoms with Crippen LogP contribution < -0.4 is 35.0 Å². The zero-order valence-electron chi connectivity index (χ0n) is 23.6. The van der Waals surface area contributed by atoms with Crippen LogP contribution in [-0.4, -0.2) is 57.7 Å². The van der Waals surface area contributed by atoms with Crippen LogP contribution in [0.5, 0.6) is 23.0 Å². The van der Waals surface area contributed by atoms with Crippen molar-refractivity contribution in [2.24, 2.45) is 5.10 Å².